The molecule has 4 aromatic rings. The number of nitrogens with zero attached hydrogens (tertiary/aromatic N) is 3. The van der Waals surface area contributed by atoms with E-state index in [0.717, 1.165) is 15.4 Å². The van der Waals surface area contributed by atoms with Gasteiger partial charge in [-0.05, 0) is 55.3 Å². The third kappa shape index (κ3) is 4.49. The van der Waals surface area contributed by atoms with E-state index in [-0.39, 0.29) is 16.5 Å². The maximum Gasteiger partial charge on any atom is 0.285 e. The van der Waals surface area contributed by atoms with Crippen LogP contribution in [0.15, 0.2) is 87.9 Å². The van der Waals surface area contributed by atoms with E-state index in [9.17, 15) is 18.3 Å². The van der Waals surface area contributed by atoms with Crippen molar-refractivity contribution < 1.29 is 18.3 Å². The van der Waals surface area contributed by atoms with Crippen LogP contribution in [0, 0.1) is 13.8 Å². The highest BCUT2D eigenvalue weighted by atomic mass is 32.2. The van der Waals surface area contributed by atoms with Crippen molar-refractivity contribution in [3.05, 3.63) is 83.9 Å². The van der Waals surface area contributed by atoms with Gasteiger partial charge in [0.05, 0.1) is 16.1 Å². The molecule has 0 unspecified atom stereocenters. The number of para-hydroxylation sites is 1. The SMILES string of the molecule is Cc1ccc(N(CC(=O)N=Nc2c(O)[nH]c3ccccc23)S(=O)(=O)c2ccccc2)cc1C. The number of carbonyl (C=O) groups is 1. The average molecular weight is 463 g/mol. The summed E-state index contributed by atoms with van der Waals surface area (Å²) in [6.45, 7) is 3.24. The Balaban J connectivity index is 1.69. The van der Waals surface area contributed by atoms with Crippen molar-refractivity contribution in [3.63, 3.8) is 0 Å². The van der Waals surface area contributed by atoms with Crippen LogP contribution in [0.1, 0.15) is 11.1 Å². The third-order valence-electron chi connectivity index (χ3n) is 5.31. The summed E-state index contributed by atoms with van der Waals surface area (Å²) in [7, 11) is -4.04. The van der Waals surface area contributed by atoms with Gasteiger partial charge in [0.1, 0.15) is 6.54 Å². The first-order valence-electron chi connectivity index (χ1n) is 10.2. The van der Waals surface area contributed by atoms with Crippen LogP contribution in [-0.4, -0.2) is 31.0 Å². The first-order valence-corrected chi connectivity index (χ1v) is 11.6. The number of azo groups is 1. The number of aryl methyl sites for hydroxylation is 2. The number of H-pyrrole nitrogens is 1. The van der Waals surface area contributed by atoms with Crippen molar-refractivity contribution in [1.29, 1.82) is 0 Å². The zero-order valence-corrected chi connectivity index (χ0v) is 18.9. The molecule has 4 rings (SSSR count). The fourth-order valence-corrected chi connectivity index (χ4v) is 4.82. The molecule has 33 heavy (non-hydrogen) atoms. The lowest BCUT2D eigenvalue weighted by atomic mass is 10.1. The molecule has 0 aliphatic carbocycles. The highest BCUT2D eigenvalue weighted by Crippen LogP contribution is 2.35. The summed E-state index contributed by atoms with van der Waals surface area (Å²) in [6, 6.07) is 20.1. The zero-order chi connectivity index (χ0) is 23.6. The van der Waals surface area contributed by atoms with Crippen LogP contribution in [0.2, 0.25) is 0 Å². The molecular formula is C24H22N4O4S. The van der Waals surface area contributed by atoms with Gasteiger partial charge in [-0.1, -0.05) is 42.5 Å². The fraction of sp³-hybridized carbons (Fsp3) is 0.125. The number of nitrogens with one attached hydrogen (secondary N) is 1. The first kappa shape index (κ1) is 22.2. The molecule has 0 saturated carbocycles. The van der Waals surface area contributed by atoms with Crippen LogP contribution >= 0.6 is 0 Å². The summed E-state index contributed by atoms with van der Waals surface area (Å²) in [5, 5.41) is 18.3. The number of hydrogen-bond donors (Lipinski definition) is 2. The summed E-state index contributed by atoms with van der Waals surface area (Å²) < 4.78 is 27.8. The minimum absolute atomic E-state index is 0.0576. The number of rotatable bonds is 6. The van der Waals surface area contributed by atoms with E-state index in [2.05, 4.69) is 15.2 Å². The molecule has 0 aliphatic heterocycles. The summed E-state index contributed by atoms with van der Waals surface area (Å²) in [4.78, 5) is 15.6. The molecule has 0 atom stereocenters. The molecular weight excluding hydrogens is 440 g/mol. The van der Waals surface area contributed by atoms with Gasteiger partial charge >= 0.3 is 0 Å². The number of amides is 1. The minimum Gasteiger partial charge on any atom is -0.493 e. The Morgan fingerprint density at radius 2 is 1.67 bits per heavy atom. The van der Waals surface area contributed by atoms with Crippen LogP contribution in [0.3, 0.4) is 0 Å². The molecule has 0 aliphatic rings. The van der Waals surface area contributed by atoms with Crippen LogP contribution in [0.4, 0.5) is 11.4 Å². The smallest absolute Gasteiger partial charge is 0.285 e. The third-order valence-corrected chi connectivity index (χ3v) is 7.10. The van der Waals surface area contributed by atoms with Gasteiger partial charge in [-0.3, -0.25) is 9.10 Å². The second-order valence-corrected chi connectivity index (χ2v) is 9.42. The second-order valence-electron chi connectivity index (χ2n) is 7.55. The van der Waals surface area contributed by atoms with Gasteiger partial charge in [-0.25, -0.2) is 8.42 Å². The van der Waals surface area contributed by atoms with Gasteiger partial charge in [-0.15, -0.1) is 10.2 Å². The van der Waals surface area contributed by atoms with Crippen LogP contribution in [0.5, 0.6) is 5.88 Å². The van der Waals surface area contributed by atoms with Crippen molar-refractivity contribution in [2.75, 3.05) is 10.8 Å². The summed E-state index contributed by atoms with van der Waals surface area (Å²) in [5.41, 5.74) is 2.98. The highest BCUT2D eigenvalue weighted by Gasteiger charge is 2.27. The Hall–Kier alpha value is -3.98. The Kier molecular flexibility index (Phi) is 5.97. The number of hydrogen-bond acceptors (Lipinski definition) is 5. The molecule has 0 radical (unpaired) electrons. The van der Waals surface area contributed by atoms with E-state index in [4.69, 9.17) is 0 Å². The van der Waals surface area contributed by atoms with E-state index in [1.54, 1.807) is 60.7 Å². The van der Waals surface area contributed by atoms with E-state index in [1.807, 2.05) is 13.8 Å². The minimum atomic E-state index is -4.04. The van der Waals surface area contributed by atoms with Gasteiger partial charge in [0.25, 0.3) is 15.9 Å². The number of sulfonamides is 1. The van der Waals surface area contributed by atoms with E-state index in [0.29, 0.717) is 16.6 Å². The lowest BCUT2D eigenvalue weighted by molar-refractivity contribution is -0.116. The molecule has 1 heterocycles. The Labute approximate surface area is 191 Å². The molecule has 0 fully saturated rings. The topological polar surface area (TPSA) is 115 Å². The largest absolute Gasteiger partial charge is 0.493 e. The van der Waals surface area contributed by atoms with Gasteiger partial charge < -0.3 is 10.1 Å². The quantitative estimate of drug-likeness (QED) is 0.393. The molecule has 1 aromatic heterocycles. The zero-order valence-electron chi connectivity index (χ0n) is 18.1. The van der Waals surface area contributed by atoms with Gasteiger partial charge in [0.15, 0.2) is 5.69 Å². The van der Waals surface area contributed by atoms with Crippen LogP contribution < -0.4 is 4.31 Å². The molecule has 0 bridgehead atoms. The lowest BCUT2D eigenvalue weighted by Crippen LogP contribution is -2.35. The second kappa shape index (κ2) is 8.87. The molecule has 0 saturated heterocycles. The van der Waals surface area contributed by atoms with E-state index in [1.165, 1.54) is 12.1 Å². The van der Waals surface area contributed by atoms with Crippen molar-refractivity contribution in [2.45, 2.75) is 18.7 Å². The Morgan fingerprint density at radius 1 is 0.970 bits per heavy atom. The van der Waals surface area contributed by atoms with Crippen LogP contribution in [-0.2, 0) is 14.8 Å². The summed E-state index contributed by atoms with van der Waals surface area (Å²) in [5.74, 6) is -1.01. The molecule has 168 valence electrons. The van der Waals surface area contributed by atoms with Crippen molar-refractivity contribution in [1.82, 2.24) is 4.98 Å². The van der Waals surface area contributed by atoms with Crippen molar-refractivity contribution in [2.24, 2.45) is 10.2 Å². The Morgan fingerprint density at radius 3 is 2.39 bits per heavy atom. The van der Waals surface area contributed by atoms with Gasteiger partial charge in [-0.2, -0.15) is 0 Å². The number of anilines is 1. The summed E-state index contributed by atoms with van der Waals surface area (Å²) in [6.07, 6.45) is 0. The molecule has 9 heteroatoms. The highest BCUT2D eigenvalue weighted by molar-refractivity contribution is 7.92. The maximum absolute atomic E-state index is 13.4. The normalized spacial score (nSPS) is 11.8. The fourth-order valence-electron chi connectivity index (χ4n) is 3.39. The molecule has 3 aromatic carbocycles. The predicted octanol–water partition coefficient (Wildman–Crippen LogP) is 5.00. The van der Waals surface area contributed by atoms with Crippen LogP contribution in [0.25, 0.3) is 10.9 Å². The maximum atomic E-state index is 13.4. The van der Waals surface area contributed by atoms with E-state index < -0.39 is 22.5 Å². The summed E-state index contributed by atoms with van der Waals surface area (Å²) >= 11 is 0. The number of fused-ring (bicyclic) bond motifs is 1. The van der Waals surface area contributed by atoms with Crippen molar-refractivity contribution in [3.8, 4) is 5.88 Å². The van der Waals surface area contributed by atoms with E-state index >= 15 is 0 Å². The molecule has 0 spiro atoms. The Bertz CT molecular complexity index is 1460. The number of carbonyl (C=O) groups excluding carboxylic acids is 1. The average Bonchev–Trinajstić information content (AvgIpc) is 3.13. The van der Waals surface area contributed by atoms with Gasteiger partial charge in [0.2, 0.25) is 5.88 Å². The predicted molar refractivity (Wildman–Crippen MR) is 126 cm³/mol. The molecule has 1 amide bonds. The number of aromatic amines is 1. The number of aromatic hydroxyl groups is 1. The van der Waals surface area contributed by atoms with Crippen molar-refractivity contribution >= 4 is 38.2 Å². The number of aromatic nitrogens is 1. The van der Waals surface area contributed by atoms with Gasteiger partial charge in [0, 0.05) is 5.39 Å². The number of benzene rings is 3. The first-order chi connectivity index (χ1) is 15.8. The monoisotopic (exact) mass is 462 g/mol. The molecule has 8 nitrogen and oxygen atoms in total. The standard InChI is InChI=1S/C24H22N4O4S/c1-16-12-13-18(14-17(16)2)28(33(31,32)19-8-4-3-5-9-19)15-22(29)26-27-23-20-10-6-7-11-21(20)25-24(23)30/h3-14,25,30H,15H2,1-2H3. The molecule has 2 N–H and O–H groups in total. The lowest BCUT2D eigenvalue weighted by Gasteiger charge is -2.23.